The van der Waals surface area contributed by atoms with Gasteiger partial charge in [-0.05, 0) is 51.4 Å². The van der Waals surface area contributed by atoms with Gasteiger partial charge in [-0.15, -0.1) is 0 Å². The molecule has 0 fully saturated rings. The molecule has 0 rings (SSSR count). The van der Waals surface area contributed by atoms with Crippen molar-refractivity contribution in [1.29, 1.82) is 0 Å². The number of phosphoric ester groups is 1. The number of nitrogens with zero attached hydrogens (tertiary/aromatic N) is 1. The van der Waals surface area contributed by atoms with Crippen molar-refractivity contribution in [2.24, 2.45) is 0 Å². The maximum Gasteiger partial charge on any atom is 0.472 e. The Morgan fingerprint density at radius 1 is 0.633 bits per heavy atom. The number of carbonyl (C=O) groups is 1. The highest BCUT2D eigenvalue weighted by Gasteiger charge is 2.26. The van der Waals surface area contributed by atoms with E-state index < -0.39 is 13.9 Å². The molecule has 0 bridgehead atoms. The molecule has 8 nitrogen and oxygen atoms in total. The SMILES string of the molecule is CCCCC/C=C\C/C=C\C/C=C\CCCCCCCCC(=O)OC(COCCCCCCCCCC)COP(=O)(O)OCC[N+](C)(C)C. The maximum atomic E-state index is 12.6. The molecule has 0 aromatic rings. The average Bonchev–Trinajstić information content (AvgIpc) is 3.04. The highest BCUT2D eigenvalue weighted by Crippen LogP contribution is 2.43. The van der Waals surface area contributed by atoms with Gasteiger partial charge in [-0.2, -0.15) is 0 Å². The number of hydrogen-bond donors (Lipinski definition) is 1. The average molecular weight is 715 g/mol. The third-order valence-corrected chi connectivity index (χ3v) is 9.19. The van der Waals surface area contributed by atoms with Gasteiger partial charge in [0, 0.05) is 13.0 Å². The second-order valence-corrected chi connectivity index (χ2v) is 15.8. The summed E-state index contributed by atoms with van der Waals surface area (Å²) in [7, 11) is 1.65. The lowest BCUT2D eigenvalue weighted by Gasteiger charge is -2.24. The fourth-order valence-electron chi connectivity index (χ4n) is 5.09. The first-order valence-corrected chi connectivity index (χ1v) is 21.2. The summed E-state index contributed by atoms with van der Waals surface area (Å²) in [6.07, 6.45) is 37.4. The molecular weight excluding hydrogens is 637 g/mol. The van der Waals surface area contributed by atoms with Crippen LogP contribution >= 0.6 is 7.82 Å². The molecule has 0 radical (unpaired) electrons. The minimum absolute atomic E-state index is 0.0859. The van der Waals surface area contributed by atoms with Crippen molar-refractivity contribution in [2.75, 3.05) is 54.1 Å². The van der Waals surface area contributed by atoms with Gasteiger partial charge in [-0.25, -0.2) is 4.57 Å². The number of carbonyl (C=O) groups excluding carboxylic acids is 1. The molecule has 0 aliphatic carbocycles. The molecule has 1 N–H and O–H groups in total. The predicted molar refractivity (Wildman–Crippen MR) is 206 cm³/mol. The zero-order chi connectivity index (χ0) is 36.3. The van der Waals surface area contributed by atoms with Crippen molar-refractivity contribution in [1.82, 2.24) is 0 Å². The number of unbranched alkanes of at least 4 members (excludes halogenated alkanes) is 16. The van der Waals surface area contributed by atoms with Gasteiger partial charge in [0.2, 0.25) is 0 Å². The van der Waals surface area contributed by atoms with Crippen LogP contribution in [0.5, 0.6) is 0 Å². The fourth-order valence-corrected chi connectivity index (χ4v) is 5.83. The monoisotopic (exact) mass is 715 g/mol. The highest BCUT2D eigenvalue weighted by molar-refractivity contribution is 7.47. The lowest BCUT2D eigenvalue weighted by Crippen LogP contribution is -2.37. The van der Waals surface area contributed by atoms with Gasteiger partial charge in [-0.1, -0.05) is 134 Å². The van der Waals surface area contributed by atoms with Crippen molar-refractivity contribution < 1.29 is 37.3 Å². The van der Waals surface area contributed by atoms with Crippen LogP contribution in [0.15, 0.2) is 36.5 Å². The Hall–Kier alpha value is -1.28. The zero-order valence-corrected chi connectivity index (χ0v) is 33.3. The van der Waals surface area contributed by atoms with E-state index in [1.807, 2.05) is 21.1 Å². The standard InChI is InChI=1S/C40H76NO7P/c1-6-8-10-12-14-16-17-18-19-20-21-22-23-24-25-26-27-29-31-33-40(42)48-39(37-45-35-32-30-28-15-13-11-9-7-2)38-47-49(43,44)46-36-34-41(3,4)5/h14,16,18-19,21-22,39H,6-13,15,17,20,23-38H2,1-5H3/p+1/b16-14-,19-18-,22-21-. The number of phosphoric acid groups is 1. The summed E-state index contributed by atoms with van der Waals surface area (Å²) in [5.74, 6) is -0.329. The van der Waals surface area contributed by atoms with Crippen LogP contribution in [0.1, 0.15) is 155 Å². The largest absolute Gasteiger partial charge is 0.472 e. The molecule has 0 aliphatic heterocycles. The molecule has 0 saturated heterocycles. The summed E-state index contributed by atoms with van der Waals surface area (Å²) in [5.41, 5.74) is 0. The van der Waals surface area contributed by atoms with Crippen molar-refractivity contribution in [2.45, 2.75) is 161 Å². The highest BCUT2D eigenvalue weighted by atomic mass is 31.2. The van der Waals surface area contributed by atoms with E-state index in [-0.39, 0.29) is 25.8 Å². The van der Waals surface area contributed by atoms with Crippen LogP contribution in [0.2, 0.25) is 0 Å². The Bertz CT molecular complexity index is 884. The van der Waals surface area contributed by atoms with E-state index in [2.05, 4.69) is 50.3 Å². The number of likely N-dealkylation sites (N-methyl/N-ethyl adjacent to an activating group) is 1. The van der Waals surface area contributed by atoms with Crippen LogP contribution in [-0.4, -0.2) is 75.6 Å². The van der Waals surface area contributed by atoms with Gasteiger partial charge >= 0.3 is 13.8 Å². The molecule has 0 aromatic carbocycles. The summed E-state index contributed by atoms with van der Waals surface area (Å²) in [6, 6.07) is 0. The Labute approximate surface area is 302 Å². The number of quaternary nitrogens is 1. The predicted octanol–water partition coefficient (Wildman–Crippen LogP) is 11.0. The van der Waals surface area contributed by atoms with Gasteiger partial charge < -0.3 is 18.9 Å². The van der Waals surface area contributed by atoms with Gasteiger partial charge in [0.05, 0.1) is 34.4 Å². The summed E-state index contributed by atoms with van der Waals surface area (Å²) >= 11 is 0. The number of rotatable bonds is 36. The molecule has 0 heterocycles. The molecular formula is C40H77NO7P+. The van der Waals surface area contributed by atoms with Crippen LogP contribution in [0.4, 0.5) is 0 Å². The molecule has 0 aliphatic rings. The van der Waals surface area contributed by atoms with Gasteiger partial charge in [0.1, 0.15) is 19.3 Å². The second kappa shape index (κ2) is 33.8. The molecule has 2 atom stereocenters. The topological polar surface area (TPSA) is 91.3 Å². The van der Waals surface area contributed by atoms with Crippen LogP contribution < -0.4 is 0 Å². The third kappa shape index (κ3) is 37.8. The van der Waals surface area contributed by atoms with Crippen molar-refractivity contribution in [3.05, 3.63) is 36.5 Å². The smallest absolute Gasteiger partial charge is 0.457 e. The Morgan fingerprint density at radius 3 is 1.71 bits per heavy atom. The van der Waals surface area contributed by atoms with Crippen LogP contribution in [0, 0.1) is 0 Å². The zero-order valence-electron chi connectivity index (χ0n) is 32.4. The van der Waals surface area contributed by atoms with Crippen LogP contribution in [0.3, 0.4) is 0 Å². The summed E-state index contributed by atoms with van der Waals surface area (Å²) in [5, 5.41) is 0. The first kappa shape index (κ1) is 47.7. The van der Waals surface area contributed by atoms with E-state index in [1.165, 1.54) is 77.0 Å². The van der Waals surface area contributed by atoms with Crippen molar-refractivity contribution in [3.8, 4) is 0 Å². The molecule has 49 heavy (non-hydrogen) atoms. The number of allylic oxidation sites excluding steroid dienone is 6. The lowest BCUT2D eigenvalue weighted by atomic mass is 10.1. The quantitative estimate of drug-likeness (QED) is 0.0227. The number of ether oxygens (including phenoxy) is 2. The Kier molecular flexibility index (Phi) is 33.0. The van der Waals surface area contributed by atoms with E-state index in [0.717, 1.165) is 57.8 Å². The lowest BCUT2D eigenvalue weighted by molar-refractivity contribution is -0.870. The summed E-state index contributed by atoms with van der Waals surface area (Å²) in [6.45, 7) is 5.55. The van der Waals surface area contributed by atoms with Crippen LogP contribution in [-0.2, 0) is 27.9 Å². The molecule has 288 valence electrons. The molecule has 0 saturated carbocycles. The number of hydrogen-bond acceptors (Lipinski definition) is 6. The summed E-state index contributed by atoms with van der Waals surface area (Å²) < 4.78 is 34.8. The fraction of sp³-hybridized carbons (Fsp3) is 0.825. The number of esters is 1. The van der Waals surface area contributed by atoms with Gasteiger partial charge in [-0.3, -0.25) is 13.8 Å². The molecule has 0 amide bonds. The van der Waals surface area contributed by atoms with Gasteiger partial charge in [0.15, 0.2) is 0 Å². The summed E-state index contributed by atoms with van der Waals surface area (Å²) in [4.78, 5) is 22.7. The van der Waals surface area contributed by atoms with E-state index in [9.17, 15) is 14.3 Å². The van der Waals surface area contributed by atoms with Crippen LogP contribution in [0.25, 0.3) is 0 Å². The first-order valence-electron chi connectivity index (χ1n) is 19.7. The Morgan fingerprint density at radius 2 is 1.12 bits per heavy atom. The Balaban J connectivity index is 4.24. The molecule has 2 unspecified atom stereocenters. The van der Waals surface area contributed by atoms with Crippen molar-refractivity contribution in [3.63, 3.8) is 0 Å². The van der Waals surface area contributed by atoms with Crippen molar-refractivity contribution >= 4 is 13.8 Å². The minimum Gasteiger partial charge on any atom is -0.457 e. The minimum atomic E-state index is -4.27. The molecule has 0 aromatic heterocycles. The molecule has 9 heteroatoms. The second-order valence-electron chi connectivity index (χ2n) is 14.3. The normalized spacial score (nSPS) is 14.3. The molecule has 0 spiro atoms. The van der Waals surface area contributed by atoms with E-state index >= 15 is 0 Å². The van der Waals surface area contributed by atoms with E-state index in [0.29, 0.717) is 24.1 Å². The van der Waals surface area contributed by atoms with Gasteiger partial charge in [0.25, 0.3) is 0 Å². The van der Waals surface area contributed by atoms with E-state index in [4.69, 9.17) is 18.5 Å². The third-order valence-electron chi connectivity index (χ3n) is 8.20. The maximum absolute atomic E-state index is 12.6. The first-order chi connectivity index (χ1) is 23.6. The van der Waals surface area contributed by atoms with E-state index in [1.54, 1.807) is 0 Å².